The van der Waals surface area contributed by atoms with Crippen molar-refractivity contribution in [2.45, 2.75) is 17.9 Å². The molecule has 2 heterocycles. The third-order valence-corrected chi connectivity index (χ3v) is 5.29. The molecule has 104 valence electrons. The highest BCUT2D eigenvalue weighted by molar-refractivity contribution is 7.89. The maximum absolute atomic E-state index is 12.0. The second-order valence-corrected chi connectivity index (χ2v) is 6.81. The minimum Gasteiger partial charge on any atom is -0.326 e. The lowest BCUT2D eigenvalue weighted by Gasteiger charge is -2.05. The Morgan fingerprint density at radius 1 is 1.53 bits per heavy atom. The van der Waals surface area contributed by atoms with Gasteiger partial charge >= 0.3 is 0 Å². The predicted molar refractivity (Wildman–Crippen MR) is 74.3 cm³/mol. The molecule has 3 N–H and O–H groups in total. The molecular formula is C11H16N4O2S2. The van der Waals surface area contributed by atoms with Gasteiger partial charge in [0, 0.05) is 48.7 Å². The Morgan fingerprint density at radius 2 is 2.32 bits per heavy atom. The number of sulfonamides is 1. The van der Waals surface area contributed by atoms with Gasteiger partial charge in [0.2, 0.25) is 10.0 Å². The van der Waals surface area contributed by atoms with E-state index in [-0.39, 0.29) is 4.90 Å². The fraction of sp³-hybridized carbons (Fsp3) is 0.364. The van der Waals surface area contributed by atoms with Crippen LogP contribution in [-0.2, 0) is 30.0 Å². The fourth-order valence-corrected chi connectivity index (χ4v) is 3.84. The van der Waals surface area contributed by atoms with Crippen molar-refractivity contribution in [3.63, 3.8) is 0 Å². The maximum atomic E-state index is 12.0. The van der Waals surface area contributed by atoms with Gasteiger partial charge in [-0.05, 0) is 12.1 Å². The third kappa shape index (κ3) is 3.41. The Morgan fingerprint density at radius 3 is 2.89 bits per heavy atom. The first-order valence-corrected chi connectivity index (χ1v) is 8.13. The van der Waals surface area contributed by atoms with Gasteiger partial charge in [-0.15, -0.1) is 11.3 Å². The van der Waals surface area contributed by atoms with E-state index in [1.807, 2.05) is 13.1 Å². The van der Waals surface area contributed by atoms with E-state index in [0.29, 0.717) is 19.5 Å². The largest absolute Gasteiger partial charge is 0.326 e. The average molecular weight is 300 g/mol. The molecule has 0 saturated carbocycles. The van der Waals surface area contributed by atoms with Crippen molar-refractivity contribution >= 4 is 21.4 Å². The van der Waals surface area contributed by atoms with E-state index < -0.39 is 10.0 Å². The summed E-state index contributed by atoms with van der Waals surface area (Å²) >= 11 is 1.35. The van der Waals surface area contributed by atoms with Crippen LogP contribution in [0.1, 0.15) is 10.6 Å². The maximum Gasteiger partial charge on any atom is 0.241 e. The van der Waals surface area contributed by atoms with Crippen molar-refractivity contribution in [1.29, 1.82) is 0 Å². The molecule has 0 radical (unpaired) electrons. The lowest BCUT2D eigenvalue weighted by atomic mass is 10.3. The lowest BCUT2D eigenvalue weighted by molar-refractivity contribution is 0.580. The van der Waals surface area contributed by atoms with E-state index in [4.69, 9.17) is 5.73 Å². The van der Waals surface area contributed by atoms with E-state index in [9.17, 15) is 8.42 Å². The third-order valence-electron chi connectivity index (χ3n) is 2.74. The number of aromatic nitrogens is 2. The fourth-order valence-electron chi connectivity index (χ4n) is 1.65. The highest BCUT2D eigenvalue weighted by Crippen LogP contribution is 2.18. The predicted octanol–water partition coefficient (Wildman–Crippen LogP) is 0.461. The Bertz CT molecular complexity index is 645. The van der Waals surface area contributed by atoms with Crippen LogP contribution in [0.15, 0.2) is 28.6 Å². The van der Waals surface area contributed by atoms with Gasteiger partial charge in [-0.2, -0.15) is 5.10 Å². The van der Waals surface area contributed by atoms with E-state index in [1.165, 1.54) is 11.3 Å². The molecule has 0 aliphatic heterocycles. The van der Waals surface area contributed by atoms with Crippen LogP contribution in [0.25, 0.3) is 0 Å². The van der Waals surface area contributed by atoms with E-state index in [1.54, 1.807) is 22.3 Å². The molecule has 2 aromatic rings. The first-order chi connectivity index (χ1) is 9.03. The van der Waals surface area contributed by atoms with Crippen molar-refractivity contribution in [3.05, 3.63) is 34.3 Å². The Kier molecular flexibility index (Phi) is 4.35. The van der Waals surface area contributed by atoms with Gasteiger partial charge in [0.25, 0.3) is 0 Å². The summed E-state index contributed by atoms with van der Waals surface area (Å²) in [5, 5.41) is 5.64. The molecule has 0 unspecified atom stereocenters. The highest BCUT2D eigenvalue weighted by Gasteiger charge is 2.15. The summed E-state index contributed by atoms with van der Waals surface area (Å²) in [7, 11) is -1.61. The van der Waals surface area contributed by atoms with E-state index >= 15 is 0 Å². The Labute approximate surface area is 116 Å². The van der Waals surface area contributed by atoms with Crippen LogP contribution in [0.5, 0.6) is 0 Å². The quantitative estimate of drug-likeness (QED) is 0.811. The smallest absolute Gasteiger partial charge is 0.241 e. The van der Waals surface area contributed by atoms with Crippen molar-refractivity contribution in [1.82, 2.24) is 14.5 Å². The van der Waals surface area contributed by atoms with Gasteiger partial charge in [-0.1, -0.05) is 0 Å². The number of rotatable bonds is 6. The highest BCUT2D eigenvalue weighted by atomic mass is 32.2. The summed E-state index contributed by atoms with van der Waals surface area (Å²) in [6.45, 7) is 0.699. The number of aryl methyl sites for hydroxylation is 1. The monoisotopic (exact) mass is 300 g/mol. The summed E-state index contributed by atoms with van der Waals surface area (Å²) in [6.07, 6.45) is 2.29. The first kappa shape index (κ1) is 14.2. The van der Waals surface area contributed by atoms with Crippen molar-refractivity contribution in [2.24, 2.45) is 12.8 Å². The SMILES string of the molecule is Cn1nccc1CCNS(=O)(=O)c1csc(CN)c1. The van der Waals surface area contributed by atoms with Gasteiger partial charge in [-0.25, -0.2) is 13.1 Å². The van der Waals surface area contributed by atoms with Crippen LogP contribution in [0, 0.1) is 0 Å². The molecule has 2 rings (SSSR count). The van der Waals surface area contributed by atoms with Crippen LogP contribution in [0.3, 0.4) is 0 Å². The number of nitrogens with one attached hydrogen (secondary N) is 1. The summed E-state index contributed by atoms with van der Waals surface area (Å²) in [5.74, 6) is 0. The minimum atomic E-state index is -3.44. The molecule has 0 aliphatic carbocycles. The number of nitrogens with two attached hydrogens (primary N) is 1. The molecule has 19 heavy (non-hydrogen) atoms. The molecule has 0 spiro atoms. The van der Waals surface area contributed by atoms with E-state index in [0.717, 1.165) is 10.6 Å². The van der Waals surface area contributed by atoms with Crippen LogP contribution >= 0.6 is 11.3 Å². The number of nitrogens with zero attached hydrogens (tertiary/aromatic N) is 2. The number of hydrogen-bond acceptors (Lipinski definition) is 5. The summed E-state index contributed by atoms with van der Waals surface area (Å²) in [6, 6.07) is 3.47. The Hall–Kier alpha value is -1.22. The molecular weight excluding hydrogens is 284 g/mol. The first-order valence-electron chi connectivity index (χ1n) is 5.77. The standard InChI is InChI=1S/C11H16N4O2S2/c1-15-9(2-4-13-15)3-5-14-19(16,17)11-6-10(7-12)18-8-11/h2,4,6,8,14H,3,5,7,12H2,1H3. The number of thiophene rings is 1. The van der Waals surface area contributed by atoms with Crippen molar-refractivity contribution in [3.8, 4) is 0 Å². The van der Waals surface area contributed by atoms with Gasteiger partial charge < -0.3 is 5.73 Å². The normalized spacial score (nSPS) is 11.9. The molecule has 0 bridgehead atoms. The Balaban J connectivity index is 1.96. The molecule has 0 saturated heterocycles. The molecule has 0 amide bonds. The second kappa shape index (κ2) is 5.83. The van der Waals surface area contributed by atoms with Crippen LogP contribution in [0.2, 0.25) is 0 Å². The zero-order valence-electron chi connectivity index (χ0n) is 10.5. The zero-order chi connectivity index (χ0) is 13.9. The summed E-state index contributed by atoms with van der Waals surface area (Å²) < 4.78 is 28.3. The van der Waals surface area contributed by atoms with E-state index in [2.05, 4.69) is 9.82 Å². The van der Waals surface area contributed by atoms with Crippen molar-refractivity contribution < 1.29 is 8.42 Å². The van der Waals surface area contributed by atoms with Gasteiger partial charge in [0.05, 0.1) is 4.90 Å². The molecule has 8 heteroatoms. The average Bonchev–Trinajstić information content (AvgIpc) is 2.99. The zero-order valence-corrected chi connectivity index (χ0v) is 12.2. The van der Waals surface area contributed by atoms with Gasteiger partial charge in [-0.3, -0.25) is 4.68 Å². The molecule has 2 aromatic heterocycles. The summed E-state index contributed by atoms with van der Waals surface area (Å²) in [5.41, 5.74) is 6.45. The van der Waals surface area contributed by atoms with Crippen LogP contribution in [0.4, 0.5) is 0 Å². The summed E-state index contributed by atoms with van der Waals surface area (Å²) in [4.78, 5) is 1.13. The van der Waals surface area contributed by atoms with Gasteiger partial charge in [0.15, 0.2) is 0 Å². The minimum absolute atomic E-state index is 0.281. The number of hydrogen-bond donors (Lipinski definition) is 2. The second-order valence-electron chi connectivity index (χ2n) is 4.05. The molecule has 6 nitrogen and oxygen atoms in total. The topological polar surface area (TPSA) is 90.0 Å². The molecule has 0 atom stereocenters. The van der Waals surface area contributed by atoms with Crippen LogP contribution in [-0.4, -0.2) is 24.7 Å². The van der Waals surface area contributed by atoms with Gasteiger partial charge in [0.1, 0.15) is 0 Å². The molecule has 0 aliphatic rings. The van der Waals surface area contributed by atoms with Crippen molar-refractivity contribution in [2.75, 3.05) is 6.54 Å². The van der Waals surface area contributed by atoms with Crippen LogP contribution < -0.4 is 10.5 Å². The molecule has 0 fully saturated rings. The molecule has 0 aromatic carbocycles. The lowest BCUT2D eigenvalue weighted by Crippen LogP contribution is -2.26.